The van der Waals surface area contributed by atoms with Gasteiger partial charge in [0.1, 0.15) is 12.4 Å². The van der Waals surface area contributed by atoms with Crippen LogP contribution in [0.3, 0.4) is 0 Å². The maximum absolute atomic E-state index is 13.5. The molecule has 2 aromatic rings. The molecule has 21 heavy (non-hydrogen) atoms. The molecule has 1 atom stereocenters. The molecule has 0 spiro atoms. The summed E-state index contributed by atoms with van der Waals surface area (Å²) in [4.78, 5) is 0. The number of hydrogen-bond donors (Lipinski definition) is 1. The molecule has 0 fully saturated rings. The molecule has 1 N–H and O–H groups in total. The van der Waals surface area contributed by atoms with Crippen molar-refractivity contribution in [2.45, 2.75) is 19.4 Å². The molecule has 112 valence electrons. The molecular weight excluding hydrogens is 272 g/mol. The smallest absolute Gasteiger partial charge is 0.167 e. The normalized spacial score (nSPS) is 12.2. The minimum Gasteiger partial charge on any atom is -0.489 e. The zero-order chi connectivity index (χ0) is 15.2. The molecule has 2 rings (SSSR count). The molecule has 0 saturated carbocycles. The number of ether oxygens (including phenoxy) is 1. The summed E-state index contributed by atoms with van der Waals surface area (Å²) in [5.74, 6) is -1.24. The Morgan fingerprint density at radius 1 is 1.10 bits per heavy atom. The summed E-state index contributed by atoms with van der Waals surface area (Å²) in [6, 6.07) is 11.4. The molecule has 0 saturated heterocycles. The van der Waals surface area contributed by atoms with Crippen LogP contribution in [0.25, 0.3) is 0 Å². The van der Waals surface area contributed by atoms with E-state index in [0.29, 0.717) is 0 Å². The van der Waals surface area contributed by atoms with Crippen LogP contribution in [0.5, 0.6) is 5.75 Å². The van der Waals surface area contributed by atoms with Gasteiger partial charge in [-0.2, -0.15) is 0 Å². The van der Waals surface area contributed by atoms with Gasteiger partial charge in [-0.3, -0.25) is 0 Å². The predicted molar refractivity (Wildman–Crippen MR) is 79.5 cm³/mol. The lowest BCUT2D eigenvalue weighted by atomic mass is 10.0. The Balaban J connectivity index is 2.04. The lowest BCUT2D eigenvalue weighted by molar-refractivity contribution is 0.261. The van der Waals surface area contributed by atoms with E-state index < -0.39 is 11.6 Å². The van der Waals surface area contributed by atoms with Crippen LogP contribution in [0.1, 0.15) is 24.1 Å². The minimum absolute atomic E-state index is 0.0552. The molecule has 0 bridgehead atoms. The van der Waals surface area contributed by atoms with Crippen molar-refractivity contribution in [1.82, 2.24) is 5.32 Å². The first-order valence-electron chi connectivity index (χ1n) is 6.98. The van der Waals surface area contributed by atoms with Crippen LogP contribution in [-0.2, 0) is 6.42 Å². The number of likely N-dealkylation sites (N-methyl/N-ethyl adjacent to an activating group) is 1. The van der Waals surface area contributed by atoms with Crippen LogP contribution in [0, 0.1) is 11.6 Å². The quantitative estimate of drug-likeness (QED) is 0.872. The van der Waals surface area contributed by atoms with Crippen LogP contribution >= 0.6 is 0 Å². The second kappa shape index (κ2) is 7.18. The summed E-state index contributed by atoms with van der Waals surface area (Å²) in [5, 5.41) is 3.14. The van der Waals surface area contributed by atoms with Crippen molar-refractivity contribution in [2.24, 2.45) is 0 Å². The highest BCUT2D eigenvalue weighted by molar-refractivity contribution is 5.27. The highest BCUT2D eigenvalue weighted by atomic mass is 19.1. The molecular formula is C17H19F2NO. The van der Waals surface area contributed by atoms with Gasteiger partial charge in [0.2, 0.25) is 0 Å². The molecule has 0 heterocycles. The van der Waals surface area contributed by atoms with E-state index >= 15 is 0 Å². The first-order chi connectivity index (χ1) is 10.1. The Hall–Kier alpha value is -1.94. The molecule has 0 radical (unpaired) electrons. The zero-order valence-corrected chi connectivity index (χ0v) is 12.2. The molecule has 4 heteroatoms. The van der Waals surface area contributed by atoms with Gasteiger partial charge in [-0.25, -0.2) is 8.78 Å². The highest BCUT2D eigenvalue weighted by Crippen LogP contribution is 2.20. The molecule has 0 aliphatic rings. The second-order valence-corrected chi connectivity index (χ2v) is 4.82. The van der Waals surface area contributed by atoms with Crippen molar-refractivity contribution in [1.29, 1.82) is 0 Å². The Morgan fingerprint density at radius 3 is 2.38 bits per heavy atom. The lowest BCUT2D eigenvalue weighted by Crippen LogP contribution is -2.23. The van der Waals surface area contributed by atoms with Gasteiger partial charge in [-0.05, 0) is 36.7 Å². The third kappa shape index (κ3) is 4.02. The van der Waals surface area contributed by atoms with Crippen molar-refractivity contribution in [2.75, 3.05) is 13.7 Å². The summed E-state index contributed by atoms with van der Waals surface area (Å²) >= 11 is 0. The van der Waals surface area contributed by atoms with Gasteiger partial charge in [0, 0.05) is 6.07 Å². The monoisotopic (exact) mass is 291 g/mol. The first-order valence-corrected chi connectivity index (χ1v) is 6.98. The third-order valence-corrected chi connectivity index (χ3v) is 3.44. The van der Waals surface area contributed by atoms with Crippen molar-refractivity contribution >= 4 is 0 Å². The fourth-order valence-corrected chi connectivity index (χ4v) is 2.10. The maximum atomic E-state index is 13.5. The van der Waals surface area contributed by atoms with Crippen LogP contribution < -0.4 is 10.1 Å². The summed E-state index contributed by atoms with van der Waals surface area (Å²) in [5.41, 5.74) is 2.33. The summed E-state index contributed by atoms with van der Waals surface area (Å²) in [6.45, 7) is 2.37. The van der Waals surface area contributed by atoms with E-state index in [2.05, 4.69) is 24.4 Å². The third-order valence-electron chi connectivity index (χ3n) is 3.44. The van der Waals surface area contributed by atoms with Crippen molar-refractivity contribution in [3.05, 3.63) is 65.2 Å². The van der Waals surface area contributed by atoms with Crippen LogP contribution in [-0.4, -0.2) is 13.7 Å². The van der Waals surface area contributed by atoms with E-state index in [-0.39, 0.29) is 18.4 Å². The number of aryl methyl sites for hydroxylation is 1. The van der Waals surface area contributed by atoms with E-state index in [0.717, 1.165) is 18.1 Å². The largest absolute Gasteiger partial charge is 0.489 e. The number of rotatable bonds is 6. The van der Waals surface area contributed by atoms with Crippen LogP contribution in [0.15, 0.2) is 42.5 Å². The molecule has 2 aromatic carbocycles. The predicted octanol–water partition coefficient (Wildman–Crippen LogP) is 3.87. The molecule has 0 aromatic heterocycles. The van der Waals surface area contributed by atoms with Crippen molar-refractivity contribution < 1.29 is 13.5 Å². The number of benzene rings is 2. The van der Waals surface area contributed by atoms with E-state index in [4.69, 9.17) is 4.74 Å². The first kappa shape index (κ1) is 15.4. The Bertz CT molecular complexity index is 584. The summed E-state index contributed by atoms with van der Waals surface area (Å²) in [7, 11) is 1.82. The molecule has 0 aliphatic heterocycles. The maximum Gasteiger partial charge on any atom is 0.167 e. The van der Waals surface area contributed by atoms with Gasteiger partial charge in [0.15, 0.2) is 11.6 Å². The summed E-state index contributed by atoms with van der Waals surface area (Å²) in [6.07, 6.45) is 0.988. The Kier molecular flexibility index (Phi) is 5.28. The zero-order valence-electron chi connectivity index (χ0n) is 12.2. The van der Waals surface area contributed by atoms with Gasteiger partial charge in [0.05, 0.1) is 6.04 Å². The fourth-order valence-electron chi connectivity index (χ4n) is 2.10. The van der Waals surface area contributed by atoms with Gasteiger partial charge < -0.3 is 10.1 Å². The average Bonchev–Trinajstić information content (AvgIpc) is 2.50. The van der Waals surface area contributed by atoms with E-state index in [1.807, 2.05) is 19.2 Å². The fraction of sp³-hybridized carbons (Fsp3) is 0.294. The average molecular weight is 291 g/mol. The van der Waals surface area contributed by atoms with Gasteiger partial charge >= 0.3 is 0 Å². The van der Waals surface area contributed by atoms with Crippen LogP contribution in [0.4, 0.5) is 8.78 Å². The molecule has 1 unspecified atom stereocenters. The van der Waals surface area contributed by atoms with E-state index in [9.17, 15) is 8.78 Å². The van der Waals surface area contributed by atoms with E-state index in [1.165, 1.54) is 17.7 Å². The van der Waals surface area contributed by atoms with Gasteiger partial charge in [-0.1, -0.05) is 31.2 Å². The van der Waals surface area contributed by atoms with Gasteiger partial charge in [0.25, 0.3) is 0 Å². The molecule has 2 nitrogen and oxygen atoms in total. The second-order valence-electron chi connectivity index (χ2n) is 4.82. The number of nitrogens with one attached hydrogen (secondary N) is 1. The van der Waals surface area contributed by atoms with Gasteiger partial charge in [-0.15, -0.1) is 0 Å². The number of halogens is 2. The SMILES string of the molecule is CCc1ccc(C(COc2ccc(F)cc2F)NC)cc1. The Morgan fingerprint density at radius 2 is 1.81 bits per heavy atom. The minimum atomic E-state index is -0.689. The van der Waals surface area contributed by atoms with Crippen LogP contribution in [0.2, 0.25) is 0 Å². The lowest BCUT2D eigenvalue weighted by Gasteiger charge is -2.18. The topological polar surface area (TPSA) is 21.3 Å². The van der Waals surface area contributed by atoms with Crippen molar-refractivity contribution in [3.63, 3.8) is 0 Å². The number of hydrogen-bond acceptors (Lipinski definition) is 2. The summed E-state index contributed by atoms with van der Waals surface area (Å²) < 4.78 is 31.8. The highest BCUT2D eigenvalue weighted by Gasteiger charge is 2.12. The Labute approximate surface area is 123 Å². The van der Waals surface area contributed by atoms with E-state index in [1.54, 1.807) is 0 Å². The van der Waals surface area contributed by atoms with Crippen molar-refractivity contribution in [3.8, 4) is 5.75 Å². The molecule has 0 aliphatic carbocycles. The molecule has 0 amide bonds. The standard InChI is InChI=1S/C17H19F2NO/c1-3-12-4-6-13(7-5-12)16(20-2)11-21-17-9-8-14(18)10-15(17)19/h4-10,16,20H,3,11H2,1-2H3.